The van der Waals surface area contributed by atoms with Crippen molar-refractivity contribution in [1.82, 2.24) is 0 Å². The zero-order chi connectivity index (χ0) is 21.1. The Hall–Kier alpha value is -2.07. The highest BCUT2D eigenvalue weighted by Gasteiger charge is 2.48. The lowest BCUT2D eigenvalue weighted by Gasteiger charge is -2.43. The maximum Gasteiger partial charge on any atom is 0.163 e. The number of hydrogen-bond donors (Lipinski definition) is 0. The van der Waals surface area contributed by atoms with E-state index >= 15 is 0 Å². The molecule has 0 spiro atoms. The Bertz CT molecular complexity index is 929. The van der Waals surface area contributed by atoms with Crippen LogP contribution in [0.3, 0.4) is 0 Å². The monoisotopic (exact) mass is 414 g/mol. The molecule has 1 aromatic rings. The van der Waals surface area contributed by atoms with Gasteiger partial charge in [-0.15, -0.1) is 0 Å². The highest BCUT2D eigenvalue weighted by atomic mass is 35.5. The summed E-state index contributed by atoms with van der Waals surface area (Å²) in [5.41, 5.74) is 1.59. The third kappa shape index (κ3) is 3.52. The van der Waals surface area contributed by atoms with Crippen molar-refractivity contribution in [2.75, 3.05) is 7.11 Å². The second-order valence-electron chi connectivity index (χ2n) is 9.98. The molecule has 0 bridgehead atoms. The summed E-state index contributed by atoms with van der Waals surface area (Å²) >= 11 is 6.32. The summed E-state index contributed by atoms with van der Waals surface area (Å²) in [7, 11) is 1.59. The highest BCUT2D eigenvalue weighted by Crippen LogP contribution is 2.54. The van der Waals surface area contributed by atoms with Gasteiger partial charge in [-0.2, -0.15) is 0 Å². The van der Waals surface area contributed by atoms with E-state index in [0.717, 1.165) is 5.56 Å². The van der Waals surface area contributed by atoms with E-state index in [1.807, 2.05) is 6.07 Å². The van der Waals surface area contributed by atoms with Gasteiger partial charge in [0.2, 0.25) is 0 Å². The van der Waals surface area contributed by atoms with Crippen LogP contribution in [0.15, 0.2) is 40.9 Å². The molecule has 3 aliphatic rings. The van der Waals surface area contributed by atoms with Gasteiger partial charge < -0.3 is 9.47 Å². The van der Waals surface area contributed by atoms with E-state index in [1.165, 1.54) is 0 Å². The van der Waals surface area contributed by atoms with E-state index < -0.39 is 5.92 Å². The molecule has 0 atom stereocenters. The number of ether oxygens (including phenoxy) is 2. The van der Waals surface area contributed by atoms with Crippen LogP contribution >= 0.6 is 11.6 Å². The number of halogens is 1. The van der Waals surface area contributed by atoms with Crippen molar-refractivity contribution in [3.8, 4) is 5.75 Å². The van der Waals surface area contributed by atoms with Crippen LogP contribution < -0.4 is 4.74 Å². The topological polar surface area (TPSA) is 52.6 Å². The summed E-state index contributed by atoms with van der Waals surface area (Å²) in [6.07, 6.45) is 2.19. The summed E-state index contributed by atoms with van der Waals surface area (Å²) in [6, 6.07) is 5.36. The van der Waals surface area contributed by atoms with E-state index in [9.17, 15) is 9.59 Å². The van der Waals surface area contributed by atoms with Crippen LogP contribution in [0.2, 0.25) is 5.02 Å². The molecule has 0 saturated carbocycles. The highest BCUT2D eigenvalue weighted by molar-refractivity contribution is 6.30. The minimum atomic E-state index is -0.491. The van der Waals surface area contributed by atoms with Crippen LogP contribution in [-0.4, -0.2) is 18.7 Å². The minimum Gasteiger partial charge on any atom is -0.496 e. The first-order valence-corrected chi connectivity index (χ1v) is 10.4. The minimum absolute atomic E-state index is 0.0347. The zero-order valence-electron chi connectivity index (χ0n) is 17.6. The third-order valence-electron chi connectivity index (χ3n) is 6.08. The number of rotatable bonds is 2. The number of ketones is 2. The van der Waals surface area contributed by atoms with Crippen LogP contribution in [-0.2, 0) is 14.3 Å². The average Bonchev–Trinajstić information content (AvgIpc) is 2.57. The molecule has 0 aromatic heterocycles. The maximum absolute atomic E-state index is 13.3. The summed E-state index contributed by atoms with van der Waals surface area (Å²) in [4.78, 5) is 26.6. The quantitative estimate of drug-likeness (QED) is 0.618. The number of carbonyl (C=O) groups is 2. The molecule has 0 unspecified atom stereocenters. The van der Waals surface area contributed by atoms with E-state index in [1.54, 1.807) is 19.2 Å². The Balaban J connectivity index is 1.97. The van der Waals surface area contributed by atoms with Gasteiger partial charge in [-0.1, -0.05) is 39.3 Å². The summed E-state index contributed by atoms with van der Waals surface area (Å²) < 4.78 is 11.9. The Labute approximate surface area is 176 Å². The Morgan fingerprint density at radius 3 is 1.93 bits per heavy atom. The summed E-state index contributed by atoms with van der Waals surface area (Å²) in [6.45, 7) is 8.31. The first-order valence-electron chi connectivity index (χ1n) is 10.1. The smallest absolute Gasteiger partial charge is 0.163 e. The molecule has 29 heavy (non-hydrogen) atoms. The van der Waals surface area contributed by atoms with Crippen LogP contribution in [0.1, 0.15) is 64.9 Å². The lowest BCUT2D eigenvalue weighted by atomic mass is 9.65. The normalized spacial score (nSPS) is 23.5. The summed E-state index contributed by atoms with van der Waals surface area (Å²) in [5.74, 6) is 1.59. The standard InChI is InChI=1S/C24H27ClO4/c1-23(2)9-15(26)21-18(11-23)29-19-12-24(3,4)10-16(27)22(19)20(21)14-8-13(25)6-7-17(14)28-5/h6-8,20H,9-12H2,1-5H3. The number of benzene rings is 1. The molecule has 4 rings (SSSR count). The molecule has 0 N–H and O–H groups in total. The number of methoxy groups -OCH3 is 1. The first-order chi connectivity index (χ1) is 13.5. The molecule has 1 aromatic carbocycles. The molecular formula is C24H27ClO4. The van der Waals surface area contributed by atoms with E-state index in [4.69, 9.17) is 21.1 Å². The molecule has 4 nitrogen and oxygen atoms in total. The van der Waals surface area contributed by atoms with E-state index in [2.05, 4.69) is 27.7 Å². The van der Waals surface area contributed by atoms with Crippen molar-refractivity contribution in [3.63, 3.8) is 0 Å². The van der Waals surface area contributed by atoms with Gasteiger partial charge in [-0.25, -0.2) is 0 Å². The predicted molar refractivity (Wildman–Crippen MR) is 112 cm³/mol. The molecule has 0 saturated heterocycles. The fourth-order valence-electron chi connectivity index (χ4n) is 4.92. The van der Waals surface area contributed by atoms with E-state index in [-0.39, 0.29) is 22.4 Å². The molecule has 0 radical (unpaired) electrons. The van der Waals surface area contributed by atoms with Crippen molar-refractivity contribution >= 4 is 23.2 Å². The van der Waals surface area contributed by atoms with Crippen molar-refractivity contribution in [2.24, 2.45) is 10.8 Å². The van der Waals surface area contributed by atoms with Gasteiger partial charge in [0.05, 0.1) is 13.0 Å². The summed E-state index contributed by atoms with van der Waals surface area (Å²) in [5, 5.41) is 0.545. The van der Waals surface area contributed by atoms with Crippen LogP contribution in [0.25, 0.3) is 0 Å². The fourth-order valence-corrected chi connectivity index (χ4v) is 5.10. The fraction of sp³-hybridized carbons (Fsp3) is 0.500. The van der Waals surface area contributed by atoms with Gasteiger partial charge in [-0.05, 0) is 29.0 Å². The van der Waals surface area contributed by atoms with Crippen molar-refractivity contribution in [2.45, 2.75) is 59.3 Å². The van der Waals surface area contributed by atoms with Gasteiger partial charge in [-0.3, -0.25) is 9.59 Å². The first kappa shape index (κ1) is 20.2. The molecule has 0 amide bonds. The predicted octanol–water partition coefficient (Wildman–Crippen LogP) is 5.75. The van der Waals surface area contributed by atoms with Gasteiger partial charge >= 0.3 is 0 Å². The molecular weight excluding hydrogens is 388 g/mol. The van der Waals surface area contributed by atoms with Crippen molar-refractivity contribution < 1.29 is 19.1 Å². The number of carbonyl (C=O) groups excluding carboxylic acids is 2. The van der Waals surface area contributed by atoms with Crippen molar-refractivity contribution in [1.29, 1.82) is 0 Å². The molecule has 1 aliphatic heterocycles. The lowest BCUT2D eigenvalue weighted by Crippen LogP contribution is -2.37. The van der Waals surface area contributed by atoms with E-state index in [0.29, 0.717) is 59.1 Å². The largest absolute Gasteiger partial charge is 0.496 e. The second-order valence-corrected chi connectivity index (χ2v) is 10.4. The number of allylic oxidation sites excluding steroid dienone is 4. The van der Waals surface area contributed by atoms with Crippen LogP contribution in [0.4, 0.5) is 0 Å². The molecule has 2 aliphatic carbocycles. The van der Waals surface area contributed by atoms with Crippen molar-refractivity contribution in [3.05, 3.63) is 51.4 Å². The van der Waals surface area contributed by atoms with Gasteiger partial charge in [0, 0.05) is 47.4 Å². The van der Waals surface area contributed by atoms with Gasteiger partial charge in [0.15, 0.2) is 11.6 Å². The third-order valence-corrected chi connectivity index (χ3v) is 6.32. The SMILES string of the molecule is COc1ccc(Cl)cc1C1C2=C(CC(C)(C)CC2=O)OC2=C1C(=O)CC(C)(C)C2. The maximum atomic E-state index is 13.3. The Morgan fingerprint density at radius 1 is 0.931 bits per heavy atom. The molecule has 1 heterocycles. The Morgan fingerprint density at radius 2 is 1.45 bits per heavy atom. The van der Waals surface area contributed by atoms with Gasteiger partial charge in [0.1, 0.15) is 17.3 Å². The van der Waals surface area contributed by atoms with Crippen LogP contribution in [0.5, 0.6) is 5.75 Å². The Kier molecular flexibility index (Phi) is 4.69. The van der Waals surface area contributed by atoms with Gasteiger partial charge in [0.25, 0.3) is 0 Å². The second kappa shape index (κ2) is 6.73. The molecule has 5 heteroatoms. The van der Waals surface area contributed by atoms with Crippen LogP contribution in [0, 0.1) is 10.8 Å². The number of hydrogen-bond acceptors (Lipinski definition) is 4. The molecule has 0 fully saturated rings. The zero-order valence-corrected chi connectivity index (χ0v) is 18.4. The molecule has 154 valence electrons. The lowest BCUT2D eigenvalue weighted by molar-refractivity contribution is -0.120. The number of Topliss-reactive ketones (excluding diaryl/α,β-unsaturated/α-hetero) is 2. The average molecular weight is 415 g/mol.